The molecule has 1 aliphatic carbocycles. The second-order valence-electron chi connectivity index (χ2n) is 3.93. The second-order valence-corrected chi connectivity index (χ2v) is 3.93. The van der Waals surface area contributed by atoms with Gasteiger partial charge in [0.25, 0.3) is 0 Å². The van der Waals surface area contributed by atoms with Crippen LogP contribution in [0.15, 0.2) is 0 Å². The molecular formula is C10H21NO. The fraction of sp³-hybridized carbons (Fsp3) is 1.00. The van der Waals surface area contributed by atoms with Crippen molar-refractivity contribution < 1.29 is 4.74 Å². The first-order valence-electron chi connectivity index (χ1n) is 5.01. The molecule has 2 nitrogen and oxygen atoms in total. The Morgan fingerprint density at radius 2 is 2.17 bits per heavy atom. The van der Waals surface area contributed by atoms with E-state index in [0.717, 1.165) is 6.54 Å². The molecule has 0 radical (unpaired) electrons. The maximum absolute atomic E-state index is 5.51. The lowest BCUT2D eigenvalue weighted by Gasteiger charge is -2.41. The van der Waals surface area contributed by atoms with Crippen molar-refractivity contribution in [3.05, 3.63) is 0 Å². The third-order valence-electron chi connectivity index (χ3n) is 3.08. The second kappa shape index (κ2) is 4.24. The first-order chi connectivity index (χ1) is 5.72. The number of methoxy groups -OCH3 is 1. The molecule has 0 heterocycles. The minimum Gasteiger partial charge on any atom is -0.377 e. The van der Waals surface area contributed by atoms with Crippen LogP contribution in [-0.2, 0) is 4.74 Å². The van der Waals surface area contributed by atoms with Crippen LogP contribution in [-0.4, -0.2) is 25.3 Å². The molecule has 1 N–H and O–H groups in total. The average Bonchev–Trinajstić information content (AvgIpc) is 2.03. The number of ether oxygens (including phenoxy) is 1. The molecule has 1 unspecified atom stereocenters. The maximum Gasteiger partial charge on any atom is 0.0802 e. The van der Waals surface area contributed by atoms with Crippen LogP contribution in [0.25, 0.3) is 0 Å². The Morgan fingerprint density at radius 1 is 1.50 bits per heavy atom. The van der Waals surface area contributed by atoms with Crippen LogP contribution < -0.4 is 5.32 Å². The summed E-state index contributed by atoms with van der Waals surface area (Å²) < 4.78 is 5.51. The van der Waals surface area contributed by atoms with E-state index in [1.165, 1.54) is 25.7 Å². The first kappa shape index (κ1) is 10.0. The molecule has 0 saturated heterocycles. The zero-order valence-electron chi connectivity index (χ0n) is 8.52. The molecule has 1 saturated carbocycles. The molecule has 2 heteroatoms. The number of nitrogens with one attached hydrogen (secondary N) is 1. The Kier molecular flexibility index (Phi) is 3.53. The van der Waals surface area contributed by atoms with E-state index in [2.05, 4.69) is 19.2 Å². The highest BCUT2D eigenvalue weighted by atomic mass is 16.5. The Bertz CT molecular complexity index is 126. The largest absolute Gasteiger partial charge is 0.377 e. The van der Waals surface area contributed by atoms with Crippen molar-refractivity contribution in [3.63, 3.8) is 0 Å². The summed E-state index contributed by atoms with van der Waals surface area (Å²) in [6.45, 7) is 5.46. The molecule has 0 amide bonds. The Labute approximate surface area is 75.7 Å². The van der Waals surface area contributed by atoms with Gasteiger partial charge in [0.15, 0.2) is 0 Å². The molecule has 12 heavy (non-hydrogen) atoms. The van der Waals surface area contributed by atoms with E-state index in [4.69, 9.17) is 4.74 Å². The highest BCUT2D eigenvalue weighted by molar-refractivity contribution is 4.91. The summed E-state index contributed by atoms with van der Waals surface area (Å²) in [5.74, 6) is 0. The van der Waals surface area contributed by atoms with Crippen molar-refractivity contribution >= 4 is 0 Å². The third-order valence-corrected chi connectivity index (χ3v) is 3.08. The van der Waals surface area contributed by atoms with Crippen molar-refractivity contribution in [2.24, 2.45) is 0 Å². The van der Waals surface area contributed by atoms with Gasteiger partial charge < -0.3 is 10.1 Å². The van der Waals surface area contributed by atoms with Gasteiger partial charge in [0.2, 0.25) is 0 Å². The van der Waals surface area contributed by atoms with Crippen LogP contribution >= 0.6 is 0 Å². The summed E-state index contributed by atoms with van der Waals surface area (Å²) >= 11 is 0. The summed E-state index contributed by atoms with van der Waals surface area (Å²) in [6.07, 6.45) is 4.98. The third kappa shape index (κ3) is 2.20. The molecule has 0 aromatic heterocycles. The molecule has 0 spiro atoms. The normalized spacial score (nSPS) is 23.2. The predicted octanol–water partition coefficient (Wildman–Crippen LogP) is 1.94. The van der Waals surface area contributed by atoms with E-state index in [0.29, 0.717) is 6.04 Å². The SMILES string of the molecule is CCC(C)NCC1(OC)CCC1. The lowest BCUT2D eigenvalue weighted by Crippen LogP contribution is -2.49. The Balaban J connectivity index is 2.20. The molecule has 72 valence electrons. The summed E-state index contributed by atoms with van der Waals surface area (Å²) in [6, 6.07) is 0.623. The van der Waals surface area contributed by atoms with Gasteiger partial charge in [-0.05, 0) is 32.6 Å². The van der Waals surface area contributed by atoms with Gasteiger partial charge in [0.05, 0.1) is 5.60 Å². The van der Waals surface area contributed by atoms with E-state index >= 15 is 0 Å². The van der Waals surface area contributed by atoms with Gasteiger partial charge in [0.1, 0.15) is 0 Å². The maximum atomic E-state index is 5.51. The molecular weight excluding hydrogens is 150 g/mol. The molecule has 0 aromatic carbocycles. The molecule has 1 atom stereocenters. The van der Waals surface area contributed by atoms with Gasteiger partial charge in [-0.25, -0.2) is 0 Å². The quantitative estimate of drug-likeness (QED) is 0.682. The molecule has 1 fully saturated rings. The average molecular weight is 171 g/mol. The zero-order valence-corrected chi connectivity index (χ0v) is 8.52. The summed E-state index contributed by atoms with van der Waals surface area (Å²) in [5, 5.41) is 3.50. The number of rotatable bonds is 5. The van der Waals surface area contributed by atoms with Crippen LogP contribution in [0.3, 0.4) is 0 Å². The van der Waals surface area contributed by atoms with E-state index in [1.807, 2.05) is 7.11 Å². The van der Waals surface area contributed by atoms with E-state index in [9.17, 15) is 0 Å². The summed E-state index contributed by atoms with van der Waals surface area (Å²) in [5.41, 5.74) is 0.184. The highest BCUT2D eigenvalue weighted by Crippen LogP contribution is 2.34. The Hall–Kier alpha value is -0.0800. The number of hydrogen-bond donors (Lipinski definition) is 1. The van der Waals surface area contributed by atoms with Crippen LogP contribution in [0.2, 0.25) is 0 Å². The summed E-state index contributed by atoms with van der Waals surface area (Å²) in [4.78, 5) is 0. The summed E-state index contributed by atoms with van der Waals surface area (Å²) in [7, 11) is 1.83. The lowest BCUT2D eigenvalue weighted by atomic mass is 9.80. The van der Waals surface area contributed by atoms with Crippen molar-refractivity contribution in [2.75, 3.05) is 13.7 Å². The van der Waals surface area contributed by atoms with Gasteiger partial charge in [0, 0.05) is 19.7 Å². The fourth-order valence-corrected chi connectivity index (χ4v) is 1.53. The van der Waals surface area contributed by atoms with E-state index in [-0.39, 0.29) is 5.60 Å². The lowest BCUT2D eigenvalue weighted by molar-refractivity contribution is -0.0706. The first-order valence-corrected chi connectivity index (χ1v) is 5.01. The van der Waals surface area contributed by atoms with Crippen molar-refractivity contribution in [3.8, 4) is 0 Å². The zero-order chi connectivity index (χ0) is 9.03. The molecule has 0 aliphatic heterocycles. The monoisotopic (exact) mass is 171 g/mol. The van der Waals surface area contributed by atoms with Crippen LogP contribution in [0, 0.1) is 0 Å². The van der Waals surface area contributed by atoms with Crippen molar-refractivity contribution in [2.45, 2.75) is 51.2 Å². The predicted molar refractivity (Wildman–Crippen MR) is 51.3 cm³/mol. The van der Waals surface area contributed by atoms with Crippen LogP contribution in [0.4, 0.5) is 0 Å². The van der Waals surface area contributed by atoms with Crippen LogP contribution in [0.5, 0.6) is 0 Å². The molecule has 0 aromatic rings. The Morgan fingerprint density at radius 3 is 2.50 bits per heavy atom. The van der Waals surface area contributed by atoms with E-state index < -0.39 is 0 Å². The van der Waals surface area contributed by atoms with E-state index in [1.54, 1.807) is 0 Å². The van der Waals surface area contributed by atoms with Gasteiger partial charge >= 0.3 is 0 Å². The van der Waals surface area contributed by atoms with Crippen molar-refractivity contribution in [1.29, 1.82) is 0 Å². The minimum atomic E-state index is 0.184. The molecule has 1 rings (SSSR count). The van der Waals surface area contributed by atoms with Gasteiger partial charge in [-0.1, -0.05) is 6.92 Å². The molecule has 1 aliphatic rings. The van der Waals surface area contributed by atoms with Gasteiger partial charge in [-0.2, -0.15) is 0 Å². The smallest absolute Gasteiger partial charge is 0.0802 e. The topological polar surface area (TPSA) is 21.3 Å². The molecule has 0 bridgehead atoms. The van der Waals surface area contributed by atoms with Gasteiger partial charge in [-0.15, -0.1) is 0 Å². The highest BCUT2D eigenvalue weighted by Gasteiger charge is 2.36. The van der Waals surface area contributed by atoms with Crippen LogP contribution in [0.1, 0.15) is 39.5 Å². The minimum absolute atomic E-state index is 0.184. The standard InChI is InChI=1S/C10H21NO/c1-4-9(2)11-8-10(12-3)6-5-7-10/h9,11H,4-8H2,1-3H3. The fourth-order valence-electron chi connectivity index (χ4n) is 1.53. The number of hydrogen-bond acceptors (Lipinski definition) is 2. The van der Waals surface area contributed by atoms with Crippen molar-refractivity contribution in [1.82, 2.24) is 5.32 Å². The van der Waals surface area contributed by atoms with Gasteiger partial charge in [-0.3, -0.25) is 0 Å².